The van der Waals surface area contributed by atoms with Crippen LogP contribution in [0.2, 0.25) is 0 Å². The molecule has 0 saturated carbocycles. The number of rotatable bonds is 5. The Balaban J connectivity index is 1.35. The number of ether oxygens (including phenoxy) is 2. The van der Waals surface area contributed by atoms with Crippen LogP contribution in [-0.4, -0.2) is 13.0 Å². The van der Waals surface area contributed by atoms with Gasteiger partial charge in [-0.15, -0.1) is 11.3 Å². The quantitative estimate of drug-likeness (QED) is 0.451. The highest BCUT2D eigenvalue weighted by atomic mass is 32.1. The summed E-state index contributed by atoms with van der Waals surface area (Å²) in [6, 6.07) is 15.9. The van der Waals surface area contributed by atoms with E-state index in [2.05, 4.69) is 31.4 Å². The largest absolute Gasteiger partial charge is 0.493 e. The van der Waals surface area contributed by atoms with Gasteiger partial charge in [-0.1, -0.05) is 57.2 Å². The molecule has 0 spiro atoms. The molecule has 2 atom stereocenters. The van der Waals surface area contributed by atoms with E-state index in [4.69, 9.17) is 9.47 Å². The average molecular weight is 477 g/mol. The van der Waals surface area contributed by atoms with Gasteiger partial charge in [0.25, 0.3) is 5.91 Å². The highest BCUT2D eigenvalue weighted by Crippen LogP contribution is 2.46. The standard InChI is InChI=1S/C28H32N2O3S/c1-28(2,3)19-11-12-20-23(15-19)34-27-24(20)26(31)29-25(30-27)18-10-13-21(22(14-18)32-4)33-16-17-8-6-5-7-9-17/h5-10,13-14,19,25,30H,11-12,15-16H2,1-4H3,(H,29,31)/t19-,25-/m1/s1. The summed E-state index contributed by atoms with van der Waals surface area (Å²) in [4.78, 5) is 14.5. The molecule has 2 aromatic carbocycles. The Kier molecular flexibility index (Phi) is 6.02. The van der Waals surface area contributed by atoms with Gasteiger partial charge >= 0.3 is 0 Å². The maximum Gasteiger partial charge on any atom is 0.256 e. The van der Waals surface area contributed by atoms with Crippen LogP contribution in [-0.2, 0) is 19.4 Å². The number of hydrogen-bond donors (Lipinski definition) is 2. The van der Waals surface area contributed by atoms with E-state index in [1.807, 2.05) is 48.5 Å². The monoisotopic (exact) mass is 476 g/mol. The third-order valence-electron chi connectivity index (χ3n) is 7.03. The lowest BCUT2D eigenvalue weighted by molar-refractivity contribution is 0.0934. The van der Waals surface area contributed by atoms with E-state index in [-0.39, 0.29) is 17.5 Å². The summed E-state index contributed by atoms with van der Waals surface area (Å²) in [6.07, 6.45) is 2.86. The Morgan fingerprint density at radius 1 is 1.06 bits per heavy atom. The Morgan fingerprint density at radius 2 is 1.85 bits per heavy atom. The summed E-state index contributed by atoms with van der Waals surface area (Å²) >= 11 is 1.75. The SMILES string of the molecule is COc1cc([C@@H]2NC(=O)c3c(sc4c3CC[C@@H](C(C)(C)C)C4)N2)ccc1OCc1ccccc1. The van der Waals surface area contributed by atoms with Crippen molar-refractivity contribution in [3.05, 3.63) is 75.7 Å². The predicted molar refractivity (Wildman–Crippen MR) is 137 cm³/mol. The van der Waals surface area contributed by atoms with Gasteiger partial charge in [0, 0.05) is 4.88 Å². The van der Waals surface area contributed by atoms with E-state index in [0.717, 1.165) is 41.0 Å². The fraction of sp³-hybridized carbons (Fsp3) is 0.393. The minimum atomic E-state index is -0.310. The smallest absolute Gasteiger partial charge is 0.256 e. The van der Waals surface area contributed by atoms with Gasteiger partial charge in [0.2, 0.25) is 0 Å². The fourth-order valence-corrected chi connectivity index (χ4v) is 6.28. The molecule has 0 bridgehead atoms. The van der Waals surface area contributed by atoms with Gasteiger partial charge in [0.15, 0.2) is 11.5 Å². The van der Waals surface area contributed by atoms with Crippen LogP contribution in [0.3, 0.4) is 0 Å². The lowest BCUT2D eigenvalue weighted by Gasteiger charge is -2.34. The van der Waals surface area contributed by atoms with Gasteiger partial charge in [-0.05, 0) is 59.4 Å². The minimum absolute atomic E-state index is 0.00818. The summed E-state index contributed by atoms with van der Waals surface area (Å²) in [5.41, 5.74) is 4.39. The molecule has 2 N–H and O–H groups in total. The Hall–Kier alpha value is -2.99. The molecule has 178 valence electrons. The number of nitrogens with one attached hydrogen (secondary N) is 2. The van der Waals surface area contributed by atoms with Crippen molar-refractivity contribution in [1.82, 2.24) is 5.32 Å². The van der Waals surface area contributed by atoms with Gasteiger partial charge in [-0.3, -0.25) is 4.79 Å². The molecular weight excluding hydrogens is 444 g/mol. The van der Waals surface area contributed by atoms with Crippen molar-refractivity contribution in [2.45, 2.75) is 52.8 Å². The number of thiophene rings is 1. The van der Waals surface area contributed by atoms with Crippen molar-refractivity contribution in [2.75, 3.05) is 12.4 Å². The van der Waals surface area contributed by atoms with Crippen LogP contribution >= 0.6 is 11.3 Å². The average Bonchev–Trinajstić information content (AvgIpc) is 3.21. The van der Waals surface area contributed by atoms with E-state index < -0.39 is 0 Å². The van der Waals surface area contributed by atoms with Crippen LogP contribution in [0.1, 0.15) is 65.3 Å². The highest BCUT2D eigenvalue weighted by Gasteiger charge is 2.36. The van der Waals surface area contributed by atoms with Crippen LogP contribution in [0, 0.1) is 11.3 Å². The first-order valence-corrected chi connectivity index (χ1v) is 12.7. The summed E-state index contributed by atoms with van der Waals surface area (Å²) in [5, 5.41) is 7.71. The molecule has 2 heterocycles. The first kappa shape index (κ1) is 22.8. The lowest BCUT2D eigenvalue weighted by Crippen LogP contribution is -2.38. The molecule has 1 aliphatic carbocycles. The van der Waals surface area contributed by atoms with Gasteiger partial charge in [0.1, 0.15) is 17.8 Å². The van der Waals surface area contributed by atoms with Crippen molar-refractivity contribution < 1.29 is 14.3 Å². The van der Waals surface area contributed by atoms with E-state index in [9.17, 15) is 4.79 Å². The molecule has 1 aromatic heterocycles. The Labute approximate surface area is 205 Å². The van der Waals surface area contributed by atoms with Crippen LogP contribution < -0.4 is 20.1 Å². The molecule has 1 aliphatic heterocycles. The van der Waals surface area contributed by atoms with E-state index in [0.29, 0.717) is 24.0 Å². The zero-order valence-corrected chi connectivity index (χ0v) is 21.1. The summed E-state index contributed by atoms with van der Waals surface area (Å²) in [5.74, 6) is 1.98. The van der Waals surface area contributed by atoms with Crippen LogP contribution in [0.4, 0.5) is 5.00 Å². The molecule has 34 heavy (non-hydrogen) atoms. The fourth-order valence-electron chi connectivity index (χ4n) is 4.92. The lowest BCUT2D eigenvalue weighted by atomic mass is 9.72. The molecule has 2 aliphatic rings. The number of methoxy groups -OCH3 is 1. The number of carbonyl (C=O) groups is 1. The Morgan fingerprint density at radius 3 is 2.59 bits per heavy atom. The topological polar surface area (TPSA) is 59.6 Å². The first-order chi connectivity index (χ1) is 16.3. The van der Waals surface area contributed by atoms with E-state index in [1.54, 1.807) is 18.4 Å². The van der Waals surface area contributed by atoms with Crippen molar-refractivity contribution in [3.63, 3.8) is 0 Å². The number of anilines is 1. The van der Waals surface area contributed by atoms with Crippen molar-refractivity contribution in [1.29, 1.82) is 0 Å². The molecule has 6 heteroatoms. The molecule has 0 unspecified atom stereocenters. The number of benzene rings is 2. The van der Waals surface area contributed by atoms with Crippen LogP contribution in [0.15, 0.2) is 48.5 Å². The zero-order valence-electron chi connectivity index (χ0n) is 20.2. The van der Waals surface area contributed by atoms with Crippen LogP contribution in [0.5, 0.6) is 11.5 Å². The Bertz CT molecular complexity index is 1200. The van der Waals surface area contributed by atoms with Crippen molar-refractivity contribution in [2.24, 2.45) is 11.3 Å². The third kappa shape index (κ3) is 4.39. The third-order valence-corrected chi connectivity index (χ3v) is 8.21. The number of fused-ring (bicyclic) bond motifs is 3. The second-order valence-electron chi connectivity index (χ2n) is 10.2. The molecular formula is C28H32N2O3S. The molecule has 1 amide bonds. The normalized spacial score (nSPS) is 19.5. The van der Waals surface area contributed by atoms with Gasteiger partial charge in [0.05, 0.1) is 12.7 Å². The molecule has 3 aromatic rings. The zero-order chi connectivity index (χ0) is 23.9. The number of amides is 1. The van der Waals surface area contributed by atoms with Gasteiger partial charge in [-0.25, -0.2) is 0 Å². The van der Waals surface area contributed by atoms with Crippen molar-refractivity contribution >= 4 is 22.2 Å². The second kappa shape index (κ2) is 8.99. The summed E-state index contributed by atoms with van der Waals surface area (Å²) in [6.45, 7) is 7.42. The van der Waals surface area contributed by atoms with Crippen molar-refractivity contribution in [3.8, 4) is 11.5 Å². The number of hydrogen-bond acceptors (Lipinski definition) is 5. The maximum absolute atomic E-state index is 13.2. The van der Waals surface area contributed by atoms with Crippen LogP contribution in [0.25, 0.3) is 0 Å². The second-order valence-corrected chi connectivity index (χ2v) is 11.4. The van der Waals surface area contributed by atoms with E-state index >= 15 is 0 Å². The van der Waals surface area contributed by atoms with Gasteiger partial charge in [-0.2, -0.15) is 0 Å². The van der Waals surface area contributed by atoms with E-state index in [1.165, 1.54) is 10.4 Å². The molecule has 5 rings (SSSR count). The molecule has 5 nitrogen and oxygen atoms in total. The number of carbonyl (C=O) groups excluding carboxylic acids is 1. The predicted octanol–water partition coefficient (Wildman–Crippen LogP) is 6.34. The first-order valence-electron chi connectivity index (χ1n) is 11.9. The van der Waals surface area contributed by atoms with Gasteiger partial charge < -0.3 is 20.1 Å². The highest BCUT2D eigenvalue weighted by molar-refractivity contribution is 7.16. The molecule has 0 saturated heterocycles. The molecule has 0 radical (unpaired) electrons. The minimum Gasteiger partial charge on any atom is -0.493 e. The summed E-state index contributed by atoms with van der Waals surface area (Å²) < 4.78 is 11.6. The maximum atomic E-state index is 13.2. The summed E-state index contributed by atoms with van der Waals surface area (Å²) in [7, 11) is 1.64. The molecule has 0 fully saturated rings.